The third kappa shape index (κ3) is 3.12. The number of nitrogens with one attached hydrogen (secondary N) is 2. The summed E-state index contributed by atoms with van der Waals surface area (Å²) in [6.45, 7) is 5.11. The number of halogens is 1. The monoisotopic (exact) mass is 346 g/mol. The Bertz CT molecular complexity index is 475. The molecule has 1 aliphatic rings. The lowest BCUT2D eigenvalue weighted by atomic mass is 10.00. The van der Waals surface area contributed by atoms with Crippen molar-refractivity contribution in [3.05, 3.63) is 14.2 Å². The molecule has 0 saturated carbocycles. The van der Waals surface area contributed by atoms with E-state index in [1.807, 2.05) is 6.92 Å². The van der Waals surface area contributed by atoms with E-state index >= 15 is 0 Å². The molecule has 1 saturated heterocycles. The number of hydrogen-bond donors (Lipinski definition) is 2. The molecular weight excluding hydrogens is 328 g/mol. The summed E-state index contributed by atoms with van der Waals surface area (Å²) in [6, 6.07) is 0.500. The highest BCUT2D eigenvalue weighted by atomic mass is 79.9. The zero-order chi connectivity index (χ0) is 14.0. The van der Waals surface area contributed by atoms with E-state index in [2.05, 4.69) is 33.5 Å². The highest BCUT2D eigenvalue weighted by Gasteiger charge is 2.26. The molecule has 0 aromatic carbocycles. The quantitative estimate of drug-likeness (QED) is 0.884. The van der Waals surface area contributed by atoms with Crippen LogP contribution in [0.15, 0.2) is 4.47 Å². The summed E-state index contributed by atoms with van der Waals surface area (Å²) in [7, 11) is 1.59. The first-order chi connectivity index (χ1) is 9.04. The number of piperidine rings is 1. The molecule has 0 aliphatic carbocycles. The molecule has 0 radical (unpaired) electrons. The molecule has 1 aromatic heterocycles. The molecule has 4 nitrogen and oxygen atoms in total. The molecule has 2 heterocycles. The van der Waals surface area contributed by atoms with Crippen LogP contribution in [0.1, 0.15) is 34.3 Å². The van der Waals surface area contributed by atoms with Gasteiger partial charge in [-0.05, 0) is 49.2 Å². The summed E-state index contributed by atoms with van der Waals surface area (Å²) < 4.78 is 6.20. The Labute approximate surface area is 126 Å². The molecular formula is C13H19BrN2O2S. The summed E-state index contributed by atoms with van der Waals surface area (Å²) in [5.74, 6) is 0.590. The Balaban J connectivity index is 2.13. The predicted molar refractivity (Wildman–Crippen MR) is 81.3 cm³/mol. The normalized spacial score (nSPS) is 23.2. The molecule has 6 heteroatoms. The second kappa shape index (κ2) is 6.24. The van der Waals surface area contributed by atoms with Crippen LogP contribution in [0.4, 0.5) is 0 Å². The molecule has 1 fully saturated rings. The molecule has 2 N–H and O–H groups in total. The van der Waals surface area contributed by atoms with Gasteiger partial charge in [-0.2, -0.15) is 0 Å². The lowest BCUT2D eigenvalue weighted by molar-refractivity contribution is 0.0921. The zero-order valence-corrected chi connectivity index (χ0v) is 13.8. The fraction of sp³-hybridized carbons (Fsp3) is 0.615. The van der Waals surface area contributed by atoms with E-state index in [-0.39, 0.29) is 11.9 Å². The minimum Gasteiger partial charge on any atom is -0.494 e. The molecule has 2 unspecified atom stereocenters. The number of methoxy groups -OCH3 is 1. The van der Waals surface area contributed by atoms with Gasteiger partial charge in [-0.1, -0.05) is 0 Å². The number of amides is 1. The molecule has 0 bridgehead atoms. The predicted octanol–water partition coefficient (Wildman–Crippen LogP) is 2.70. The molecule has 1 aromatic rings. The van der Waals surface area contributed by atoms with E-state index in [0.29, 0.717) is 16.7 Å². The van der Waals surface area contributed by atoms with E-state index in [4.69, 9.17) is 4.74 Å². The average Bonchev–Trinajstić information content (AvgIpc) is 2.68. The van der Waals surface area contributed by atoms with E-state index < -0.39 is 0 Å². The number of carbonyl (C=O) groups excluding carboxylic acids is 1. The van der Waals surface area contributed by atoms with Crippen LogP contribution in [0.5, 0.6) is 5.75 Å². The van der Waals surface area contributed by atoms with Crippen molar-refractivity contribution in [3.63, 3.8) is 0 Å². The first-order valence-corrected chi connectivity index (χ1v) is 8.02. The number of hydrogen-bond acceptors (Lipinski definition) is 4. The van der Waals surface area contributed by atoms with Gasteiger partial charge in [0.05, 0.1) is 11.6 Å². The Morgan fingerprint density at radius 2 is 2.32 bits per heavy atom. The van der Waals surface area contributed by atoms with Crippen LogP contribution in [0.25, 0.3) is 0 Å². The van der Waals surface area contributed by atoms with Crippen LogP contribution in [-0.4, -0.2) is 31.6 Å². The summed E-state index contributed by atoms with van der Waals surface area (Å²) in [5, 5.41) is 6.49. The van der Waals surface area contributed by atoms with Crippen LogP contribution in [0.3, 0.4) is 0 Å². The van der Waals surface area contributed by atoms with E-state index in [1.165, 1.54) is 11.3 Å². The van der Waals surface area contributed by atoms with Gasteiger partial charge in [0.1, 0.15) is 4.88 Å². The van der Waals surface area contributed by atoms with Crippen molar-refractivity contribution in [3.8, 4) is 5.75 Å². The lowest BCUT2D eigenvalue weighted by Gasteiger charge is -2.30. The number of aryl methyl sites for hydroxylation is 1. The first kappa shape index (κ1) is 14.8. The van der Waals surface area contributed by atoms with Gasteiger partial charge in [0, 0.05) is 17.0 Å². The van der Waals surface area contributed by atoms with Crippen molar-refractivity contribution in [2.75, 3.05) is 13.7 Å². The van der Waals surface area contributed by atoms with Crippen molar-refractivity contribution in [1.29, 1.82) is 0 Å². The maximum atomic E-state index is 12.4. The van der Waals surface area contributed by atoms with E-state index in [0.717, 1.165) is 28.7 Å². The van der Waals surface area contributed by atoms with Gasteiger partial charge in [-0.15, -0.1) is 11.3 Å². The minimum atomic E-state index is -0.0452. The minimum absolute atomic E-state index is 0.0452. The topological polar surface area (TPSA) is 50.4 Å². The van der Waals surface area contributed by atoms with Crippen molar-refractivity contribution >= 4 is 33.2 Å². The van der Waals surface area contributed by atoms with Crippen molar-refractivity contribution in [1.82, 2.24) is 10.6 Å². The third-order valence-corrected chi connectivity index (χ3v) is 5.76. The van der Waals surface area contributed by atoms with Crippen molar-refractivity contribution < 1.29 is 9.53 Å². The Kier molecular flexibility index (Phi) is 4.86. The van der Waals surface area contributed by atoms with Gasteiger partial charge in [-0.25, -0.2) is 0 Å². The lowest BCUT2D eigenvalue weighted by Crippen LogP contribution is -2.51. The fourth-order valence-corrected chi connectivity index (χ4v) is 3.96. The highest BCUT2D eigenvalue weighted by molar-refractivity contribution is 9.10. The Morgan fingerprint density at radius 3 is 2.95 bits per heavy atom. The van der Waals surface area contributed by atoms with Gasteiger partial charge in [0.15, 0.2) is 5.75 Å². The van der Waals surface area contributed by atoms with Crippen LogP contribution < -0.4 is 15.4 Å². The Morgan fingerprint density at radius 1 is 1.58 bits per heavy atom. The van der Waals surface area contributed by atoms with Crippen LogP contribution >= 0.6 is 27.3 Å². The second-order valence-corrected chi connectivity index (χ2v) is 6.82. The molecule has 106 valence electrons. The number of carbonyl (C=O) groups is 1. The molecule has 2 rings (SSSR count). The SMILES string of the molecule is COc1c(C(=O)NC2CCCNC2C)sc(C)c1Br. The molecule has 1 aliphatic heterocycles. The standard InChI is InChI=1S/C13H19BrN2O2S/c1-7-9(5-4-6-15-7)16-13(17)12-11(18-3)10(14)8(2)19-12/h7,9,15H,4-6H2,1-3H3,(H,16,17). The van der Waals surface area contributed by atoms with Crippen LogP contribution in [0, 0.1) is 6.92 Å². The molecule has 0 spiro atoms. The summed E-state index contributed by atoms with van der Waals surface area (Å²) in [5.41, 5.74) is 0. The van der Waals surface area contributed by atoms with E-state index in [1.54, 1.807) is 7.11 Å². The van der Waals surface area contributed by atoms with Gasteiger partial charge < -0.3 is 15.4 Å². The average molecular weight is 347 g/mol. The molecule has 1 amide bonds. The molecule has 2 atom stereocenters. The second-order valence-electron chi connectivity index (χ2n) is 4.80. The first-order valence-electron chi connectivity index (χ1n) is 6.41. The molecule has 19 heavy (non-hydrogen) atoms. The Hall–Kier alpha value is -0.590. The maximum absolute atomic E-state index is 12.4. The maximum Gasteiger partial charge on any atom is 0.265 e. The van der Waals surface area contributed by atoms with Gasteiger partial charge >= 0.3 is 0 Å². The van der Waals surface area contributed by atoms with Gasteiger partial charge in [-0.3, -0.25) is 4.79 Å². The largest absolute Gasteiger partial charge is 0.494 e. The van der Waals surface area contributed by atoms with Gasteiger partial charge in [0.2, 0.25) is 0 Å². The number of ether oxygens (including phenoxy) is 1. The summed E-state index contributed by atoms with van der Waals surface area (Å²) in [4.78, 5) is 14.1. The summed E-state index contributed by atoms with van der Waals surface area (Å²) >= 11 is 4.92. The van der Waals surface area contributed by atoms with E-state index in [9.17, 15) is 4.79 Å². The van der Waals surface area contributed by atoms with Gasteiger partial charge in [0.25, 0.3) is 5.91 Å². The highest BCUT2D eigenvalue weighted by Crippen LogP contribution is 2.39. The zero-order valence-electron chi connectivity index (χ0n) is 11.4. The fourth-order valence-electron chi connectivity index (χ4n) is 2.31. The number of thiophene rings is 1. The summed E-state index contributed by atoms with van der Waals surface area (Å²) in [6.07, 6.45) is 2.12. The smallest absolute Gasteiger partial charge is 0.265 e. The third-order valence-electron chi connectivity index (χ3n) is 3.46. The van der Waals surface area contributed by atoms with Crippen molar-refractivity contribution in [2.24, 2.45) is 0 Å². The van der Waals surface area contributed by atoms with Crippen LogP contribution in [0.2, 0.25) is 0 Å². The van der Waals surface area contributed by atoms with Crippen molar-refractivity contribution in [2.45, 2.75) is 38.8 Å². The van der Waals surface area contributed by atoms with Crippen LogP contribution in [-0.2, 0) is 0 Å². The number of rotatable bonds is 3.